The Bertz CT molecular complexity index is 576. The fourth-order valence-electron chi connectivity index (χ4n) is 1.81. The van der Waals surface area contributed by atoms with Gasteiger partial charge in [-0.15, -0.1) is 0 Å². The van der Waals surface area contributed by atoms with Crippen LogP contribution in [0.2, 0.25) is 0 Å². The molecule has 0 spiro atoms. The van der Waals surface area contributed by atoms with Gasteiger partial charge in [0.15, 0.2) is 0 Å². The van der Waals surface area contributed by atoms with Crippen molar-refractivity contribution in [3.8, 4) is 0 Å². The third-order valence-electron chi connectivity index (χ3n) is 2.94. The number of nitrogens with two attached hydrogens (primary N) is 1. The molecule has 0 radical (unpaired) electrons. The molecule has 92 valence electrons. The van der Waals surface area contributed by atoms with Gasteiger partial charge in [0.2, 0.25) is 5.95 Å². The number of aryl methyl sites for hydroxylation is 1. The average molecular weight is 251 g/mol. The summed E-state index contributed by atoms with van der Waals surface area (Å²) < 4.78 is 13.4. The first kappa shape index (κ1) is 12.1. The molecule has 0 aliphatic carbocycles. The monoisotopic (exact) mass is 251 g/mol. The van der Waals surface area contributed by atoms with E-state index in [9.17, 15) is 4.21 Å². The Labute approximate surface area is 103 Å². The number of nitrogen functional groups attached to an aromatic ring is 1. The summed E-state index contributed by atoms with van der Waals surface area (Å²) in [5, 5.41) is 0.0650. The van der Waals surface area contributed by atoms with Crippen molar-refractivity contribution in [3.63, 3.8) is 0 Å². The topological polar surface area (TPSA) is 60.9 Å². The van der Waals surface area contributed by atoms with E-state index in [1.807, 2.05) is 30.5 Å². The zero-order valence-corrected chi connectivity index (χ0v) is 11.1. The van der Waals surface area contributed by atoms with E-state index in [0.29, 0.717) is 12.5 Å². The lowest BCUT2D eigenvalue weighted by atomic mass is 10.2. The SMILES string of the molecule is Cc1ccc2nc(N)n(CC(C)S(C)=O)c2c1. The lowest BCUT2D eigenvalue weighted by Gasteiger charge is -2.11. The summed E-state index contributed by atoms with van der Waals surface area (Å²) in [4.78, 5) is 4.31. The molecule has 2 rings (SSSR count). The quantitative estimate of drug-likeness (QED) is 0.903. The number of imidazole rings is 1. The van der Waals surface area contributed by atoms with Gasteiger partial charge in [-0.3, -0.25) is 4.21 Å². The van der Waals surface area contributed by atoms with Crippen molar-refractivity contribution < 1.29 is 4.21 Å². The largest absolute Gasteiger partial charge is 0.369 e. The summed E-state index contributed by atoms with van der Waals surface area (Å²) in [7, 11) is -0.856. The maximum atomic E-state index is 11.4. The second-order valence-electron chi connectivity index (χ2n) is 4.38. The third kappa shape index (κ3) is 2.34. The molecule has 17 heavy (non-hydrogen) atoms. The number of fused-ring (bicyclic) bond motifs is 1. The normalized spacial score (nSPS) is 15.0. The predicted octanol–water partition coefficient (Wildman–Crippen LogP) is 1.69. The smallest absolute Gasteiger partial charge is 0.201 e. The molecule has 2 N–H and O–H groups in total. The van der Waals surface area contributed by atoms with Gasteiger partial charge < -0.3 is 10.3 Å². The maximum absolute atomic E-state index is 11.4. The fraction of sp³-hybridized carbons (Fsp3) is 0.417. The van der Waals surface area contributed by atoms with E-state index in [1.165, 1.54) is 5.56 Å². The van der Waals surface area contributed by atoms with Crippen molar-refractivity contribution >= 4 is 27.8 Å². The molecule has 1 aromatic heterocycles. The number of rotatable bonds is 3. The van der Waals surface area contributed by atoms with E-state index in [1.54, 1.807) is 6.26 Å². The van der Waals surface area contributed by atoms with Crippen LogP contribution < -0.4 is 5.73 Å². The molecule has 1 aromatic carbocycles. The van der Waals surface area contributed by atoms with Crippen molar-refractivity contribution in [2.45, 2.75) is 25.6 Å². The standard InChI is InChI=1S/C12H17N3OS/c1-8-4-5-10-11(6-8)15(12(13)14-10)7-9(2)17(3)16/h4-6,9H,7H2,1-3H3,(H2,13,14). The molecule has 0 saturated carbocycles. The lowest BCUT2D eigenvalue weighted by Crippen LogP contribution is -2.18. The minimum absolute atomic E-state index is 0.0650. The molecule has 0 fully saturated rings. The Morgan fingerprint density at radius 3 is 2.88 bits per heavy atom. The van der Waals surface area contributed by atoms with E-state index in [0.717, 1.165) is 11.0 Å². The first-order valence-electron chi connectivity index (χ1n) is 5.53. The van der Waals surface area contributed by atoms with Crippen LogP contribution >= 0.6 is 0 Å². The van der Waals surface area contributed by atoms with Crippen LogP contribution in [0.5, 0.6) is 0 Å². The van der Waals surface area contributed by atoms with Gasteiger partial charge in [-0.25, -0.2) is 4.98 Å². The van der Waals surface area contributed by atoms with Crippen molar-refractivity contribution in [1.29, 1.82) is 0 Å². The first-order valence-corrected chi connectivity index (χ1v) is 7.15. The molecule has 0 amide bonds. The molecule has 4 nitrogen and oxygen atoms in total. The summed E-state index contributed by atoms with van der Waals surface area (Å²) in [6, 6.07) is 6.04. The summed E-state index contributed by atoms with van der Waals surface area (Å²) >= 11 is 0. The van der Waals surface area contributed by atoms with Crippen LogP contribution in [-0.2, 0) is 17.3 Å². The molecule has 0 bridgehead atoms. The van der Waals surface area contributed by atoms with Crippen LogP contribution in [0, 0.1) is 6.92 Å². The third-order valence-corrected chi connectivity index (χ3v) is 4.22. The number of hydrogen-bond acceptors (Lipinski definition) is 3. The summed E-state index contributed by atoms with van der Waals surface area (Å²) in [5.74, 6) is 0.489. The van der Waals surface area contributed by atoms with Gasteiger partial charge in [0.1, 0.15) is 0 Å². The van der Waals surface area contributed by atoms with E-state index in [2.05, 4.69) is 11.1 Å². The van der Waals surface area contributed by atoms with Gasteiger partial charge in [-0.1, -0.05) is 6.07 Å². The Morgan fingerprint density at radius 2 is 2.24 bits per heavy atom. The van der Waals surface area contributed by atoms with Gasteiger partial charge >= 0.3 is 0 Å². The van der Waals surface area contributed by atoms with E-state index in [4.69, 9.17) is 5.73 Å². The molecule has 0 aliphatic rings. The average Bonchev–Trinajstić information content (AvgIpc) is 2.55. The number of benzene rings is 1. The van der Waals surface area contributed by atoms with E-state index in [-0.39, 0.29) is 5.25 Å². The van der Waals surface area contributed by atoms with Crippen LogP contribution in [0.25, 0.3) is 11.0 Å². The molecular formula is C12H17N3OS. The maximum Gasteiger partial charge on any atom is 0.201 e. The van der Waals surface area contributed by atoms with Crippen LogP contribution in [0.3, 0.4) is 0 Å². The minimum Gasteiger partial charge on any atom is -0.369 e. The Balaban J connectivity index is 2.48. The van der Waals surface area contributed by atoms with Gasteiger partial charge in [0.05, 0.1) is 11.0 Å². The Hall–Kier alpha value is -1.36. The van der Waals surface area contributed by atoms with Gasteiger partial charge in [0, 0.05) is 28.9 Å². The van der Waals surface area contributed by atoms with Crippen molar-refractivity contribution in [3.05, 3.63) is 23.8 Å². The highest BCUT2D eigenvalue weighted by Gasteiger charge is 2.13. The molecule has 0 saturated heterocycles. The molecule has 1 heterocycles. The number of nitrogens with zero attached hydrogens (tertiary/aromatic N) is 2. The van der Waals surface area contributed by atoms with E-state index < -0.39 is 10.8 Å². The fourth-order valence-corrected chi connectivity index (χ4v) is 2.16. The Kier molecular flexibility index (Phi) is 3.19. The van der Waals surface area contributed by atoms with E-state index >= 15 is 0 Å². The van der Waals surface area contributed by atoms with Crippen molar-refractivity contribution in [2.24, 2.45) is 0 Å². The summed E-state index contributed by atoms with van der Waals surface area (Å²) in [5.41, 5.74) is 8.98. The Morgan fingerprint density at radius 1 is 1.53 bits per heavy atom. The van der Waals surface area contributed by atoms with Crippen LogP contribution in [0.15, 0.2) is 18.2 Å². The van der Waals surface area contributed by atoms with Gasteiger partial charge in [-0.2, -0.15) is 0 Å². The molecule has 2 unspecified atom stereocenters. The zero-order valence-electron chi connectivity index (χ0n) is 10.3. The number of aromatic nitrogens is 2. The van der Waals surface area contributed by atoms with Crippen molar-refractivity contribution in [1.82, 2.24) is 9.55 Å². The summed E-state index contributed by atoms with van der Waals surface area (Å²) in [6.45, 7) is 4.63. The number of hydrogen-bond donors (Lipinski definition) is 1. The van der Waals surface area contributed by atoms with Crippen LogP contribution in [0.1, 0.15) is 12.5 Å². The molecular weight excluding hydrogens is 234 g/mol. The number of anilines is 1. The van der Waals surface area contributed by atoms with Crippen molar-refractivity contribution in [2.75, 3.05) is 12.0 Å². The molecule has 2 atom stereocenters. The zero-order chi connectivity index (χ0) is 12.6. The van der Waals surface area contributed by atoms with Gasteiger partial charge in [-0.05, 0) is 31.5 Å². The molecule has 0 aliphatic heterocycles. The first-order chi connectivity index (χ1) is 7.99. The summed E-state index contributed by atoms with van der Waals surface area (Å²) in [6.07, 6.45) is 1.71. The van der Waals surface area contributed by atoms with Gasteiger partial charge in [0.25, 0.3) is 0 Å². The molecule has 5 heteroatoms. The highest BCUT2D eigenvalue weighted by atomic mass is 32.2. The molecule has 2 aromatic rings. The van der Waals surface area contributed by atoms with Crippen LogP contribution in [-0.4, -0.2) is 25.3 Å². The minimum atomic E-state index is -0.856. The highest BCUT2D eigenvalue weighted by Crippen LogP contribution is 2.20. The highest BCUT2D eigenvalue weighted by molar-refractivity contribution is 7.84. The predicted molar refractivity (Wildman–Crippen MR) is 72.4 cm³/mol. The second-order valence-corrected chi connectivity index (χ2v) is 6.18. The van der Waals surface area contributed by atoms with Crippen LogP contribution in [0.4, 0.5) is 5.95 Å². The lowest BCUT2D eigenvalue weighted by molar-refractivity contribution is 0.653. The second kappa shape index (κ2) is 4.49.